The van der Waals surface area contributed by atoms with E-state index in [1.54, 1.807) is 4.90 Å². The van der Waals surface area contributed by atoms with E-state index in [-0.39, 0.29) is 23.5 Å². The van der Waals surface area contributed by atoms with Gasteiger partial charge in [0.1, 0.15) is 0 Å². The van der Waals surface area contributed by atoms with Crippen molar-refractivity contribution in [3.63, 3.8) is 0 Å². The first-order valence-electron chi connectivity index (χ1n) is 8.49. The number of nitrogens with zero attached hydrogens (tertiary/aromatic N) is 1. The summed E-state index contributed by atoms with van der Waals surface area (Å²) in [5.74, 6) is 0.0112. The first-order valence-corrected chi connectivity index (χ1v) is 8.49. The van der Waals surface area contributed by atoms with E-state index in [4.69, 9.17) is 0 Å². The van der Waals surface area contributed by atoms with Gasteiger partial charge in [-0.05, 0) is 45.7 Å². The number of rotatable bonds is 4. The Bertz CT molecular complexity index is 546. The van der Waals surface area contributed by atoms with Crippen molar-refractivity contribution in [1.82, 2.24) is 15.5 Å². The highest BCUT2D eigenvalue weighted by molar-refractivity contribution is 5.89. The summed E-state index contributed by atoms with van der Waals surface area (Å²) < 4.78 is 0. The molecule has 6 nitrogen and oxygen atoms in total. The second-order valence-corrected chi connectivity index (χ2v) is 7.23. The van der Waals surface area contributed by atoms with Gasteiger partial charge in [0.15, 0.2) is 0 Å². The van der Waals surface area contributed by atoms with Crippen molar-refractivity contribution in [2.75, 3.05) is 25.0 Å². The maximum Gasteiger partial charge on any atom is 0.321 e. The highest BCUT2D eigenvalue weighted by atomic mass is 16.2. The van der Waals surface area contributed by atoms with Crippen LogP contribution in [0.4, 0.5) is 10.5 Å². The van der Waals surface area contributed by atoms with Gasteiger partial charge in [-0.25, -0.2) is 4.79 Å². The number of urea groups is 1. The SMILES string of the molecule is CC(C)(C)NCC(=O)NC1CCN(C(=O)Nc2ccccc2)CC1. The quantitative estimate of drug-likeness (QED) is 0.791. The Kier molecular flexibility index (Phi) is 6.20. The molecule has 3 amide bonds. The molecule has 0 atom stereocenters. The summed E-state index contributed by atoms with van der Waals surface area (Å²) >= 11 is 0. The van der Waals surface area contributed by atoms with Crippen LogP contribution in [-0.2, 0) is 4.79 Å². The van der Waals surface area contributed by atoms with Gasteiger partial charge in [-0.15, -0.1) is 0 Å². The fourth-order valence-electron chi connectivity index (χ4n) is 2.58. The van der Waals surface area contributed by atoms with Crippen LogP contribution < -0.4 is 16.0 Å². The minimum absolute atomic E-state index is 0.0112. The molecule has 0 spiro atoms. The van der Waals surface area contributed by atoms with Crippen LogP contribution >= 0.6 is 0 Å². The number of carbonyl (C=O) groups excluding carboxylic acids is 2. The monoisotopic (exact) mass is 332 g/mol. The van der Waals surface area contributed by atoms with Gasteiger partial charge in [-0.3, -0.25) is 4.79 Å². The van der Waals surface area contributed by atoms with Crippen LogP contribution in [0.25, 0.3) is 0 Å². The van der Waals surface area contributed by atoms with Gasteiger partial charge >= 0.3 is 6.03 Å². The molecule has 3 N–H and O–H groups in total. The highest BCUT2D eigenvalue weighted by Crippen LogP contribution is 2.13. The number of likely N-dealkylation sites (tertiary alicyclic amines) is 1. The molecule has 0 unspecified atom stereocenters. The molecule has 0 aromatic heterocycles. The summed E-state index contributed by atoms with van der Waals surface area (Å²) in [7, 11) is 0. The normalized spacial score (nSPS) is 15.9. The Morgan fingerprint density at radius 2 is 1.75 bits per heavy atom. The third kappa shape index (κ3) is 6.20. The largest absolute Gasteiger partial charge is 0.352 e. The molecule has 0 bridgehead atoms. The number of hydrogen-bond acceptors (Lipinski definition) is 3. The van der Waals surface area contributed by atoms with Crippen molar-refractivity contribution < 1.29 is 9.59 Å². The number of nitrogens with one attached hydrogen (secondary N) is 3. The van der Waals surface area contributed by atoms with Crippen molar-refractivity contribution in [2.24, 2.45) is 0 Å². The van der Waals surface area contributed by atoms with Crippen LogP contribution in [0.1, 0.15) is 33.6 Å². The lowest BCUT2D eigenvalue weighted by atomic mass is 10.1. The third-order valence-corrected chi connectivity index (χ3v) is 3.95. The topological polar surface area (TPSA) is 73.5 Å². The van der Waals surface area contributed by atoms with E-state index in [2.05, 4.69) is 16.0 Å². The Morgan fingerprint density at radius 1 is 1.12 bits per heavy atom. The van der Waals surface area contributed by atoms with Gasteiger partial charge in [0.05, 0.1) is 6.54 Å². The molecule has 1 saturated heterocycles. The molecular formula is C18H28N4O2. The van der Waals surface area contributed by atoms with Crippen LogP contribution in [-0.4, -0.2) is 48.1 Å². The number of piperidine rings is 1. The summed E-state index contributed by atoms with van der Waals surface area (Å²) in [6.45, 7) is 7.71. The van der Waals surface area contributed by atoms with Gasteiger partial charge in [-0.1, -0.05) is 18.2 Å². The van der Waals surface area contributed by atoms with Crippen molar-refractivity contribution in [3.05, 3.63) is 30.3 Å². The maximum atomic E-state index is 12.2. The second-order valence-electron chi connectivity index (χ2n) is 7.23. The summed E-state index contributed by atoms with van der Waals surface area (Å²) in [6.07, 6.45) is 1.56. The summed E-state index contributed by atoms with van der Waals surface area (Å²) in [6, 6.07) is 9.49. The van der Waals surface area contributed by atoms with E-state index in [0.717, 1.165) is 18.5 Å². The minimum Gasteiger partial charge on any atom is -0.352 e. The lowest BCUT2D eigenvalue weighted by Gasteiger charge is -2.32. The molecular weight excluding hydrogens is 304 g/mol. The van der Waals surface area contributed by atoms with Crippen LogP contribution in [0.5, 0.6) is 0 Å². The number of anilines is 1. The van der Waals surface area contributed by atoms with Crippen LogP contribution in [0, 0.1) is 0 Å². The number of para-hydroxylation sites is 1. The fourth-order valence-corrected chi connectivity index (χ4v) is 2.58. The molecule has 1 aromatic carbocycles. The lowest BCUT2D eigenvalue weighted by molar-refractivity contribution is -0.121. The van der Waals surface area contributed by atoms with Crippen molar-refractivity contribution in [1.29, 1.82) is 0 Å². The molecule has 2 rings (SSSR count). The molecule has 1 aliphatic rings. The molecule has 1 fully saturated rings. The summed E-state index contributed by atoms with van der Waals surface area (Å²) in [4.78, 5) is 26.0. The van der Waals surface area contributed by atoms with E-state index in [1.165, 1.54) is 0 Å². The number of benzene rings is 1. The molecule has 1 heterocycles. The summed E-state index contributed by atoms with van der Waals surface area (Å²) in [5, 5.41) is 9.11. The van der Waals surface area contributed by atoms with Gasteiger partial charge in [-0.2, -0.15) is 0 Å². The molecule has 6 heteroatoms. The molecule has 132 valence electrons. The summed E-state index contributed by atoms with van der Waals surface area (Å²) in [5.41, 5.74) is 0.724. The molecule has 1 aromatic rings. The molecule has 0 saturated carbocycles. The third-order valence-electron chi connectivity index (χ3n) is 3.95. The zero-order valence-electron chi connectivity index (χ0n) is 14.8. The van der Waals surface area contributed by atoms with Gasteiger partial charge in [0.2, 0.25) is 5.91 Å². The van der Waals surface area contributed by atoms with Crippen molar-refractivity contribution >= 4 is 17.6 Å². The van der Waals surface area contributed by atoms with E-state index in [0.29, 0.717) is 19.6 Å². The lowest BCUT2D eigenvalue weighted by Crippen LogP contribution is -2.50. The number of amides is 3. The Morgan fingerprint density at radius 3 is 2.33 bits per heavy atom. The van der Waals surface area contributed by atoms with E-state index >= 15 is 0 Å². The highest BCUT2D eigenvalue weighted by Gasteiger charge is 2.24. The van der Waals surface area contributed by atoms with E-state index in [9.17, 15) is 9.59 Å². The Hall–Kier alpha value is -2.08. The van der Waals surface area contributed by atoms with Gasteiger partial charge in [0.25, 0.3) is 0 Å². The first kappa shape index (κ1) is 18.3. The van der Waals surface area contributed by atoms with E-state index in [1.807, 2.05) is 51.1 Å². The minimum atomic E-state index is -0.0830. The van der Waals surface area contributed by atoms with Crippen molar-refractivity contribution in [2.45, 2.75) is 45.2 Å². The van der Waals surface area contributed by atoms with Crippen LogP contribution in [0.15, 0.2) is 30.3 Å². The van der Waals surface area contributed by atoms with Crippen LogP contribution in [0.2, 0.25) is 0 Å². The Balaban J connectivity index is 1.71. The standard InChI is InChI=1S/C18H28N4O2/c1-18(2,3)19-13-16(23)20-15-9-11-22(12-10-15)17(24)21-14-7-5-4-6-8-14/h4-8,15,19H,9-13H2,1-3H3,(H,20,23)(H,21,24). The smallest absolute Gasteiger partial charge is 0.321 e. The predicted octanol–water partition coefficient (Wildman–Crippen LogP) is 2.19. The average Bonchev–Trinajstić information content (AvgIpc) is 2.54. The number of carbonyl (C=O) groups is 2. The molecule has 24 heavy (non-hydrogen) atoms. The first-order chi connectivity index (χ1) is 11.3. The van der Waals surface area contributed by atoms with Crippen molar-refractivity contribution in [3.8, 4) is 0 Å². The van der Waals surface area contributed by atoms with Crippen LogP contribution in [0.3, 0.4) is 0 Å². The van der Waals surface area contributed by atoms with Gasteiger partial charge in [0, 0.05) is 30.4 Å². The predicted molar refractivity (Wildman–Crippen MR) is 96.0 cm³/mol. The number of hydrogen-bond donors (Lipinski definition) is 3. The second kappa shape index (κ2) is 8.15. The zero-order chi connectivity index (χ0) is 17.6. The van der Waals surface area contributed by atoms with E-state index < -0.39 is 0 Å². The molecule has 0 radical (unpaired) electrons. The molecule has 1 aliphatic heterocycles. The average molecular weight is 332 g/mol. The van der Waals surface area contributed by atoms with Gasteiger partial charge < -0.3 is 20.9 Å². The fraction of sp³-hybridized carbons (Fsp3) is 0.556. The maximum absolute atomic E-state index is 12.2. The molecule has 0 aliphatic carbocycles. The Labute approximate surface area is 144 Å². The zero-order valence-corrected chi connectivity index (χ0v) is 14.8.